The first-order valence-corrected chi connectivity index (χ1v) is 7.54. The monoisotopic (exact) mass is 296 g/mol. The Hall–Kier alpha value is -2.49. The van der Waals surface area contributed by atoms with E-state index in [9.17, 15) is 4.79 Å². The molecule has 114 valence electrons. The Bertz CT molecular complexity index is 643. The highest BCUT2D eigenvalue weighted by Crippen LogP contribution is 2.31. The van der Waals surface area contributed by atoms with Crippen LogP contribution >= 0.6 is 0 Å². The molecule has 1 aliphatic heterocycles. The van der Waals surface area contributed by atoms with Crippen molar-refractivity contribution < 1.29 is 9.53 Å². The third-order valence-corrected chi connectivity index (χ3v) is 3.87. The summed E-state index contributed by atoms with van der Waals surface area (Å²) in [6.07, 6.45) is 0.947. The van der Waals surface area contributed by atoms with Gasteiger partial charge in [-0.15, -0.1) is 0 Å². The minimum absolute atomic E-state index is 0.00777. The van der Waals surface area contributed by atoms with Gasteiger partial charge in [0.05, 0.1) is 11.4 Å². The number of hydrogen-bond donors (Lipinski definition) is 0. The van der Waals surface area contributed by atoms with Crippen molar-refractivity contribution in [3.8, 4) is 5.75 Å². The number of benzene rings is 2. The molecule has 0 aromatic heterocycles. The molecule has 1 aliphatic rings. The van der Waals surface area contributed by atoms with Gasteiger partial charge in [-0.2, -0.15) is 0 Å². The van der Waals surface area contributed by atoms with Gasteiger partial charge in [-0.3, -0.25) is 4.79 Å². The van der Waals surface area contributed by atoms with Crippen LogP contribution in [0.3, 0.4) is 0 Å². The van der Waals surface area contributed by atoms with E-state index in [1.807, 2.05) is 53.4 Å². The lowest BCUT2D eigenvalue weighted by molar-refractivity contribution is -0.120. The Kier molecular flexibility index (Phi) is 4.28. The van der Waals surface area contributed by atoms with Gasteiger partial charge in [0.25, 0.3) is 5.91 Å². The quantitative estimate of drug-likeness (QED) is 0.873. The Labute approximate surface area is 130 Å². The van der Waals surface area contributed by atoms with Gasteiger partial charge >= 0.3 is 0 Å². The second-order valence-electron chi connectivity index (χ2n) is 5.41. The lowest BCUT2D eigenvalue weighted by Crippen LogP contribution is -2.35. The number of rotatable bonds is 3. The highest BCUT2D eigenvalue weighted by atomic mass is 16.5. The summed E-state index contributed by atoms with van der Waals surface area (Å²) in [5, 5.41) is 0. The summed E-state index contributed by atoms with van der Waals surface area (Å²) >= 11 is 0. The maximum Gasteiger partial charge on any atom is 0.264 e. The number of amides is 1. The van der Waals surface area contributed by atoms with Crippen molar-refractivity contribution in [3.63, 3.8) is 0 Å². The van der Waals surface area contributed by atoms with Crippen molar-refractivity contribution in [3.05, 3.63) is 54.6 Å². The average molecular weight is 296 g/mol. The fourth-order valence-corrected chi connectivity index (χ4v) is 2.72. The number of carbonyl (C=O) groups is 1. The van der Waals surface area contributed by atoms with Crippen LogP contribution < -0.4 is 14.5 Å². The van der Waals surface area contributed by atoms with Crippen LogP contribution in [0.4, 0.5) is 11.4 Å². The van der Waals surface area contributed by atoms with E-state index >= 15 is 0 Å². The van der Waals surface area contributed by atoms with Crippen molar-refractivity contribution >= 4 is 17.3 Å². The maximum atomic E-state index is 12.6. The van der Waals surface area contributed by atoms with E-state index in [2.05, 4.69) is 18.0 Å². The second kappa shape index (κ2) is 6.52. The van der Waals surface area contributed by atoms with Gasteiger partial charge in [-0.25, -0.2) is 0 Å². The molecule has 4 heteroatoms. The van der Waals surface area contributed by atoms with Gasteiger partial charge in [-0.1, -0.05) is 30.3 Å². The molecule has 0 aliphatic carbocycles. The molecule has 0 saturated heterocycles. The van der Waals surface area contributed by atoms with E-state index in [0.29, 0.717) is 0 Å². The predicted octanol–water partition coefficient (Wildman–Crippen LogP) is 2.94. The second-order valence-corrected chi connectivity index (χ2v) is 5.41. The van der Waals surface area contributed by atoms with Crippen molar-refractivity contribution in [2.75, 3.05) is 36.5 Å². The highest BCUT2D eigenvalue weighted by molar-refractivity contribution is 5.98. The molecule has 0 radical (unpaired) electrons. The maximum absolute atomic E-state index is 12.6. The third kappa shape index (κ3) is 3.06. The first-order chi connectivity index (χ1) is 10.8. The zero-order chi connectivity index (χ0) is 15.4. The Balaban J connectivity index is 1.76. The van der Waals surface area contributed by atoms with E-state index < -0.39 is 0 Å². The van der Waals surface area contributed by atoms with Gasteiger partial charge in [0.15, 0.2) is 6.61 Å². The zero-order valence-electron chi connectivity index (χ0n) is 12.7. The number of para-hydroxylation sites is 3. The van der Waals surface area contributed by atoms with E-state index in [1.165, 1.54) is 0 Å². The SMILES string of the molecule is CN1CCCN(C(=O)COc2ccccc2)c2ccccc21. The van der Waals surface area contributed by atoms with Gasteiger partial charge in [0.2, 0.25) is 0 Å². The summed E-state index contributed by atoms with van der Waals surface area (Å²) in [5.41, 5.74) is 2.05. The Morgan fingerprint density at radius 2 is 1.68 bits per heavy atom. The van der Waals surface area contributed by atoms with E-state index in [-0.39, 0.29) is 12.5 Å². The van der Waals surface area contributed by atoms with Crippen molar-refractivity contribution in [1.82, 2.24) is 0 Å². The Morgan fingerprint density at radius 1 is 1.00 bits per heavy atom. The van der Waals surface area contributed by atoms with E-state index in [1.54, 1.807) is 0 Å². The largest absolute Gasteiger partial charge is 0.484 e. The molecule has 0 atom stereocenters. The number of ether oxygens (including phenoxy) is 1. The summed E-state index contributed by atoms with van der Waals surface area (Å²) in [6.45, 7) is 1.72. The summed E-state index contributed by atoms with van der Waals surface area (Å²) in [4.78, 5) is 16.6. The third-order valence-electron chi connectivity index (χ3n) is 3.87. The smallest absolute Gasteiger partial charge is 0.264 e. The van der Waals surface area contributed by atoms with Gasteiger partial charge < -0.3 is 14.5 Å². The van der Waals surface area contributed by atoms with Crippen molar-refractivity contribution in [1.29, 1.82) is 0 Å². The molecule has 1 amide bonds. The predicted molar refractivity (Wildman–Crippen MR) is 88.6 cm³/mol. The van der Waals surface area contributed by atoms with E-state index in [4.69, 9.17) is 4.74 Å². The van der Waals surface area contributed by atoms with Crippen LogP contribution in [0.15, 0.2) is 54.6 Å². The van der Waals surface area contributed by atoms with Crippen molar-refractivity contribution in [2.45, 2.75) is 6.42 Å². The summed E-state index contributed by atoms with van der Waals surface area (Å²) in [6, 6.07) is 17.5. The van der Waals surface area contributed by atoms with Crippen LogP contribution in [0.2, 0.25) is 0 Å². The molecule has 1 heterocycles. The highest BCUT2D eigenvalue weighted by Gasteiger charge is 2.23. The Morgan fingerprint density at radius 3 is 2.45 bits per heavy atom. The molecule has 3 rings (SSSR count). The van der Waals surface area contributed by atoms with Crippen LogP contribution in [0.1, 0.15) is 6.42 Å². The van der Waals surface area contributed by atoms with E-state index in [0.717, 1.165) is 36.6 Å². The first-order valence-electron chi connectivity index (χ1n) is 7.54. The number of carbonyl (C=O) groups excluding carboxylic acids is 1. The lowest BCUT2D eigenvalue weighted by atomic mass is 10.2. The zero-order valence-corrected chi connectivity index (χ0v) is 12.7. The van der Waals surface area contributed by atoms with Gasteiger partial charge in [0, 0.05) is 20.1 Å². The molecule has 2 aromatic rings. The standard InChI is InChI=1S/C18H20N2O2/c1-19-12-7-13-20(17-11-6-5-10-16(17)19)18(21)14-22-15-8-3-2-4-9-15/h2-6,8-11H,7,12-14H2,1H3. The molecule has 0 fully saturated rings. The molecule has 0 N–H and O–H groups in total. The fraction of sp³-hybridized carbons (Fsp3) is 0.278. The molecular formula is C18H20N2O2. The molecule has 0 bridgehead atoms. The molecule has 2 aromatic carbocycles. The minimum Gasteiger partial charge on any atom is -0.484 e. The summed E-state index contributed by atoms with van der Waals surface area (Å²) in [5.74, 6) is 0.711. The molecule has 0 saturated carbocycles. The first kappa shape index (κ1) is 14.4. The van der Waals surface area contributed by atoms with Gasteiger partial charge in [-0.05, 0) is 30.7 Å². The molecular weight excluding hydrogens is 276 g/mol. The van der Waals surface area contributed by atoms with Crippen molar-refractivity contribution in [2.24, 2.45) is 0 Å². The minimum atomic E-state index is -0.00777. The number of anilines is 2. The van der Waals surface area contributed by atoms with Gasteiger partial charge in [0.1, 0.15) is 5.75 Å². The topological polar surface area (TPSA) is 32.8 Å². The summed E-state index contributed by atoms with van der Waals surface area (Å²) in [7, 11) is 2.06. The number of hydrogen-bond acceptors (Lipinski definition) is 3. The number of fused-ring (bicyclic) bond motifs is 1. The molecule has 0 unspecified atom stereocenters. The summed E-state index contributed by atoms with van der Waals surface area (Å²) < 4.78 is 5.60. The van der Waals surface area contributed by atoms with Crippen LogP contribution in [0.25, 0.3) is 0 Å². The van der Waals surface area contributed by atoms with Crippen LogP contribution in [0.5, 0.6) is 5.75 Å². The van der Waals surface area contributed by atoms with Crippen LogP contribution in [0, 0.1) is 0 Å². The average Bonchev–Trinajstić information content (AvgIpc) is 2.73. The molecule has 0 spiro atoms. The van der Waals surface area contributed by atoms with Crippen LogP contribution in [-0.4, -0.2) is 32.7 Å². The lowest BCUT2D eigenvalue weighted by Gasteiger charge is -2.24. The van der Waals surface area contributed by atoms with Crippen LogP contribution in [-0.2, 0) is 4.79 Å². The number of nitrogens with zero attached hydrogens (tertiary/aromatic N) is 2. The molecule has 22 heavy (non-hydrogen) atoms. The molecule has 4 nitrogen and oxygen atoms in total. The fourth-order valence-electron chi connectivity index (χ4n) is 2.72. The normalized spacial score (nSPS) is 14.2.